The zero-order chi connectivity index (χ0) is 19.6. The van der Waals surface area contributed by atoms with Crippen molar-refractivity contribution in [3.63, 3.8) is 0 Å². The number of rotatable bonds is 9. The molecule has 144 valence electrons. The Hall–Kier alpha value is -2.93. The Balaban J connectivity index is 1.71. The van der Waals surface area contributed by atoms with Gasteiger partial charge in [0.1, 0.15) is 12.4 Å². The van der Waals surface area contributed by atoms with Gasteiger partial charge in [-0.2, -0.15) is 0 Å². The van der Waals surface area contributed by atoms with E-state index in [-0.39, 0.29) is 24.3 Å². The van der Waals surface area contributed by atoms with Crippen LogP contribution in [0.2, 0.25) is 0 Å². The van der Waals surface area contributed by atoms with E-state index in [9.17, 15) is 9.59 Å². The molecule has 27 heavy (non-hydrogen) atoms. The van der Waals surface area contributed by atoms with Crippen LogP contribution in [0.3, 0.4) is 0 Å². The monoisotopic (exact) mass is 370 g/mol. The highest BCUT2D eigenvalue weighted by molar-refractivity contribution is 5.87. The number of amides is 2. The molecular weight excluding hydrogens is 344 g/mol. The van der Waals surface area contributed by atoms with Crippen molar-refractivity contribution in [2.75, 3.05) is 6.54 Å². The summed E-state index contributed by atoms with van der Waals surface area (Å²) in [5.41, 5.74) is 7.51. The summed E-state index contributed by atoms with van der Waals surface area (Å²) >= 11 is 0. The van der Waals surface area contributed by atoms with E-state index in [1.165, 1.54) is 0 Å². The van der Waals surface area contributed by atoms with E-state index in [0.717, 1.165) is 17.0 Å². The third kappa shape index (κ3) is 7.07. The van der Waals surface area contributed by atoms with Crippen LogP contribution < -0.4 is 21.1 Å². The average Bonchev–Trinajstić information content (AvgIpc) is 2.69. The highest BCUT2D eigenvalue weighted by Gasteiger charge is 2.17. The molecule has 0 spiro atoms. The maximum Gasteiger partial charge on any atom is 0.239 e. The topological polar surface area (TPSA) is 106 Å². The lowest BCUT2D eigenvalue weighted by molar-refractivity contribution is -0.127. The zero-order valence-electron chi connectivity index (χ0n) is 15.6. The number of nitrogens with two attached hydrogens (primary N) is 1. The predicted molar refractivity (Wildman–Crippen MR) is 103 cm³/mol. The molecule has 0 saturated heterocycles. The molecule has 1 heterocycles. The SMILES string of the molecule is CC(C)[C@H](N)C(=O)NCC(=O)NCc1ccc(OCc2ccccn2)cc1. The highest BCUT2D eigenvalue weighted by atomic mass is 16.5. The van der Waals surface area contributed by atoms with Crippen LogP contribution in [0.1, 0.15) is 25.1 Å². The second-order valence-electron chi connectivity index (χ2n) is 6.52. The quantitative estimate of drug-likeness (QED) is 0.618. The summed E-state index contributed by atoms with van der Waals surface area (Å²) in [4.78, 5) is 27.8. The van der Waals surface area contributed by atoms with Crippen molar-refractivity contribution in [3.8, 4) is 5.75 Å². The number of hydrogen-bond acceptors (Lipinski definition) is 5. The normalized spacial score (nSPS) is 11.7. The zero-order valence-corrected chi connectivity index (χ0v) is 15.6. The van der Waals surface area contributed by atoms with Gasteiger partial charge in [0.2, 0.25) is 11.8 Å². The van der Waals surface area contributed by atoms with E-state index in [4.69, 9.17) is 10.5 Å². The predicted octanol–water partition coefficient (Wildman–Crippen LogP) is 1.38. The van der Waals surface area contributed by atoms with Crippen molar-refractivity contribution in [2.45, 2.75) is 33.0 Å². The van der Waals surface area contributed by atoms with E-state index < -0.39 is 6.04 Å². The third-order valence-electron chi connectivity index (χ3n) is 3.97. The maximum absolute atomic E-state index is 11.8. The Bertz CT molecular complexity index is 733. The second-order valence-corrected chi connectivity index (χ2v) is 6.52. The van der Waals surface area contributed by atoms with Crippen molar-refractivity contribution in [1.82, 2.24) is 15.6 Å². The molecule has 0 radical (unpaired) electrons. The first kappa shape index (κ1) is 20.4. The fraction of sp³-hybridized carbons (Fsp3) is 0.350. The molecule has 0 bridgehead atoms. The van der Waals surface area contributed by atoms with Crippen LogP contribution in [0.25, 0.3) is 0 Å². The first-order valence-corrected chi connectivity index (χ1v) is 8.87. The summed E-state index contributed by atoms with van der Waals surface area (Å²) in [7, 11) is 0. The summed E-state index contributed by atoms with van der Waals surface area (Å²) in [6, 6.07) is 12.5. The van der Waals surface area contributed by atoms with E-state index in [1.807, 2.05) is 56.3 Å². The lowest BCUT2D eigenvalue weighted by Crippen LogP contribution is -2.47. The van der Waals surface area contributed by atoms with E-state index >= 15 is 0 Å². The van der Waals surface area contributed by atoms with E-state index in [2.05, 4.69) is 15.6 Å². The maximum atomic E-state index is 11.8. The van der Waals surface area contributed by atoms with Gasteiger partial charge in [-0.15, -0.1) is 0 Å². The van der Waals surface area contributed by atoms with Gasteiger partial charge in [-0.05, 0) is 35.7 Å². The van der Waals surface area contributed by atoms with Crippen LogP contribution in [-0.4, -0.2) is 29.4 Å². The minimum absolute atomic E-state index is 0.0199. The molecule has 1 aromatic heterocycles. The molecule has 2 aromatic rings. The van der Waals surface area contributed by atoms with Gasteiger partial charge < -0.3 is 21.1 Å². The van der Waals surface area contributed by atoms with Crippen molar-refractivity contribution < 1.29 is 14.3 Å². The molecule has 1 aromatic carbocycles. The summed E-state index contributed by atoms with van der Waals surface area (Å²) in [6.45, 7) is 4.38. The molecule has 0 fully saturated rings. The number of carbonyl (C=O) groups is 2. The number of hydrogen-bond donors (Lipinski definition) is 3. The molecule has 0 saturated carbocycles. The Morgan fingerprint density at radius 1 is 1.11 bits per heavy atom. The summed E-state index contributed by atoms with van der Waals surface area (Å²) < 4.78 is 5.67. The van der Waals surface area contributed by atoms with Crippen LogP contribution in [0, 0.1) is 5.92 Å². The van der Waals surface area contributed by atoms with Gasteiger partial charge in [0.25, 0.3) is 0 Å². The standard InChI is InChI=1S/C20H26N4O3/c1-14(2)19(21)20(26)24-12-18(25)23-11-15-6-8-17(9-7-15)27-13-16-5-3-4-10-22-16/h3-10,14,19H,11-13,21H2,1-2H3,(H,23,25)(H,24,26)/t19-/m0/s1. The average molecular weight is 370 g/mol. The van der Waals surface area contributed by atoms with Crippen molar-refractivity contribution in [1.29, 1.82) is 0 Å². The molecular formula is C20H26N4O3. The molecule has 7 heteroatoms. The van der Waals surface area contributed by atoms with Crippen molar-refractivity contribution in [2.24, 2.45) is 11.7 Å². The molecule has 2 amide bonds. The highest BCUT2D eigenvalue weighted by Crippen LogP contribution is 2.13. The van der Waals surface area contributed by atoms with Crippen LogP contribution in [-0.2, 0) is 22.7 Å². The van der Waals surface area contributed by atoms with Crippen LogP contribution >= 0.6 is 0 Å². The number of pyridine rings is 1. The lowest BCUT2D eigenvalue weighted by atomic mass is 10.1. The Morgan fingerprint density at radius 2 is 1.85 bits per heavy atom. The van der Waals surface area contributed by atoms with Crippen LogP contribution in [0.15, 0.2) is 48.7 Å². The first-order chi connectivity index (χ1) is 13.0. The minimum Gasteiger partial charge on any atom is -0.487 e. The van der Waals surface area contributed by atoms with E-state index in [0.29, 0.717) is 13.2 Å². The largest absolute Gasteiger partial charge is 0.487 e. The van der Waals surface area contributed by atoms with Crippen molar-refractivity contribution >= 4 is 11.8 Å². The van der Waals surface area contributed by atoms with Gasteiger partial charge >= 0.3 is 0 Å². The Morgan fingerprint density at radius 3 is 2.48 bits per heavy atom. The molecule has 1 atom stereocenters. The lowest BCUT2D eigenvalue weighted by Gasteiger charge is -2.15. The number of aromatic nitrogens is 1. The second kappa shape index (κ2) is 10.3. The smallest absolute Gasteiger partial charge is 0.239 e. The van der Waals surface area contributed by atoms with Gasteiger partial charge in [0, 0.05) is 12.7 Å². The van der Waals surface area contributed by atoms with Gasteiger partial charge in [-0.3, -0.25) is 14.6 Å². The van der Waals surface area contributed by atoms with Crippen molar-refractivity contribution in [3.05, 3.63) is 59.9 Å². The fourth-order valence-electron chi connectivity index (χ4n) is 2.20. The molecule has 7 nitrogen and oxygen atoms in total. The minimum atomic E-state index is -0.614. The molecule has 4 N–H and O–H groups in total. The van der Waals surface area contributed by atoms with Gasteiger partial charge in [0.05, 0.1) is 18.3 Å². The Kier molecular flexibility index (Phi) is 7.76. The molecule has 0 aliphatic carbocycles. The van der Waals surface area contributed by atoms with Crippen LogP contribution in [0.5, 0.6) is 5.75 Å². The molecule has 2 rings (SSSR count). The number of ether oxygens (including phenoxy) is 1. The van der Waals surface area contributed by atoms with Gasteiger partial charge in [0.15, 0.2) is 0 Å². The van der Waals surface area contributed by atoms with Gasteiger partial charge in [-0.25, -0.2) is 0 Å². The number of nitrogens with zero attached hydrogens (tertiary/aromatic N) is 1. The van der Waals surface area contributed by atoms with Gasteiger partial charge in [-0.1, -0.05) is 32.0 Å². The molecule has 0 aliphatic rings. The first-order valence-electron chi connectivity index (χ1n) is 8.87. The van der Waals surface area contributed by atoms with Crippen LogP contribution in [0.4, 0.5) is 0 Å². The van der Waals surface area contributed by atoms with E-state index in [1.54, 1.807) is 6.20 Å². The molecule has 0 unspecified atom stereocenters. The molecule has 0 aliphatic heterocycles. The number of carbonyl (C=O) groups excluding carboxylic acids is 2. The third-order valence-corrected chi connectivity index (χ3v) is 3.97. The number of nitrogens with one attached hydrogen (secondary N) is 2. The summed E-state index contributed by atoms with van der Waals surface area (Å²) in [5.74, 6) is 0.154. The Labute approximate surface area is 159 Å². The number of benzene rings is 1. The summed E-state index contributed by atoms with van der Waals surface area (Å²) in [6.07, 6.45) is 1.73. The fourth-order valence-corrected chi connectivity index (χ4v) is 2.20. The summed E-state index contributed by atoms with van der Waals surface area (Å²) in [5, 5.41) is 5.29.